The highest BCUT2D eigenvalue weighted by molar-refractivity contribution is 9.10. The van der Waals surface area contributed by atoms with E-state index in [0.717, 1.165) is 4.31 Å². The van der Waals surface area contributed by atoms with E-state index in [1.807, 2.05) is 0 Å². The number of halogens is 2. The largest absolute Gasteiger partial charge is 0.273 e. The van der Waals surface area contributed by atoms with Gasteiger partial charge in [0.2, 0.25) is 0 Å². The highest BCUT2D eigenvalue weighted by atomic mass is 79.9. The van der Waals surface area contributed by atoms with E-state index in [4.69, 9.17) is 11.6 Å². The summed E-state index contributed by atoms with van der Waals surface area (Å²) >= 11 is 9.19. The van der Waals surface area contributed by atoms with Crippen molar-refractivity contribution in [2.75, 3.05) is 4.31 Å². The molecule has 0 radical (unpaired) electrons. The average Bonchev–Trinajstić information content (AvgIpc) is 2.62. The molecule has 1 aliphatic heterocycles. The molecule has 1 heterocycles. The van der Waals surface area contributed by atoms with E-state index in [0.29, 0.717) is 9.50 Å². The Labute approximate surface area is 129 Å². The van der Waals surface area contributed by atoms with Crippen LogP contribution in [-0.2, 0) is 10.0 Å². The first-order chi connectivity index (χ1) is 9.43. The standard InChI is InChI=1S/C13H7BrClNO3S/c14-10-6-5-8(7-11(10)15)16-13(17)9-3-1-2-4-12(9)20(16,18)19/h1-7H. The molecule has 20 heavy (non-hydrogen) atoms. The number of carbonyl (C=O) groups excluding carboxylic acids is 1. The predicted octanol–water partition coefficient (Wildman–Crippen LogP) is 3.45. The van der Waals surface area contributed by atoms with Crippen molar-refractivity contribution >= 4 is 49.1 Å². The highest BCUT2D eigenvalue weighted by Gasteiger charge is 2.42. The monoisotopic (exact) mass is 371 g/mol. The molecule has 1 amide bonds. The molecule has 0 N–H and O–H groups in total. The van der Waals surface area contributed by atoms with Crippen molar-refractivity contribution in [1.29, 1.82) is 0 Å². The number of rotatable bonds is 1. The normalized spacial score (nSPS) is 16.3. The van der Waals surface area contributed by atoms with Crippen molar-refractivity contribution in [2.45, 2.75) is 4.90 Å². The summed E-state index contributed by atoms with van der Waals surface area (Å²) in [5, 5.41) is 0.335. The molecule has 4 nitrogen and oxygen atoms in total. The van der Waals surface area contributed by atoms with Crippen LogP contribution in [0.3, 0.4) is 0 Å². The molecular formula is C13H7BrClNO3S. The molecule has 0 fully saturated rings. The SMILES string of the molecule is O=C1c2ccccc2S(=O)(=O)N1c1ccc(Br)c(Cl)c1. The number of anilines is 1. The lowest BCUT2D eigenvalue weighted by Crippen LogP contribution is -2.29. The average molecular weight is 373 g/mol. The van der Waals surface area contributed by atoms with Gasteiger partial charge in [0.25, 0.3) is 15.9 Å². The Morgan fingerprint density at radius 3 is 2.45 bits per heavy atom. The van der Waals surface area contributed by atoms with Crippen LogP contribution in [0.5, 0.6) is 0 Å². The molecule has 0 saturated heterocycles. The molecular weight excluding hydrogens is 366 g/mol. The van der Waals surface area contributed by atoms with Gasteiger partial charge in [0, 0.05) is 4.47 Å². The Hall–Kier alpha value is -1.37. The number of carbonyl (C=O) groups is 1. The van der Waals surface area contributed by atoms with Crippen LogP contribution in [0.4, 0.5) is 5.69 Å². The summed E-state index contributed by atoms with van der Waals surface area (Å²) in [6.45, 7) is 0. The van der Waals surface area contributed by atoms with Crippen molar-refractivity contribution in [2.24, 2.45) is 0 Å². The molecule has 0 unspecified atom stereocenters. The third-order valence-electron chi connectivity index (χ3n) is 2.96. The molecule has 2 aromatic carbocycles. The van der Waals surface area contributed by atoms with Crippen LogP contribution in [0.25, 0.3) is 0 Å². The first kappa shape index (κ1) is 13.6. The number of hydrogen-bond acceptors (Lipinski definition) is 3. The second-order valence-corrected chi connectivity index (χ2v) is 7.19. The predicted molar refractivity (Wildman–Crippen MR) is 79.6 cm³/mol. The van der Waals surface area contributed by atoms with Gasteiger partial charge in [-0.05, 0) is 46.3 Å². The molecule has 0 atom stereocenters. The van der Waals surface area contributed by atoms with Gasteiger partial charge < -0.3 is 0 Å². The molecule has 0 saturated carbocycles. The van der Waals surface area contributed by atoms with Gasteiger partial charge >= 0.3 is 0 Å². The van der Waals surface area contributed by atoms with Gasteiger partial charge in [-0.2, -0.15) is 4.31 Å². The van der Waals surface area contributed by atoms with E-state index in [9.17, 15) is 13.2 Å². The topological polar surface area (TPSA) is 54.5 Å². The minimum atomic E-state index is -3.87. The first-order valence-corrected chi connectivity index (χ1v) is 8.18. The molecule has 3 rings (SSSR count). The summed E-state index contributed by atoms with van der Waals surface area (Å²) in [6.07, 6.45) is 0. The second kappa shape index (κ2) is 4.58. The summed E-state index contributed by atoms with van der Waals surface area (Å²) in [6, 6.07) is 10.7. The number of fused-ring (bicyclic) bond motifs is 1. The molecule has 0 aromatic heterocycles. The van der Waals surface area contributed by atoms with Gasteiger partial charge in [0.15, 0.2) is 0 Å². The number of amides is 1. The van der Waals surface area contributed by atoms with E-state index < -0.39 is 15.9 Å². The molecule has 1 aliphatic rings. The smallest absolute Gasteiger partial charge is 0.268 e. The Bertz CT molecular complexity index is 835. The van der Waals surface area contributed by atoms with Crippen molar-refractivity contribution in [3.05, 3.63) is 57.5 Å². The second-order valence-electron chi connectivity index (χ2n) is 4.17. The lowest BCUT2D eigenvalue weighted by Gasteiger charge is -2.15. The van der Waals surface area contributed by atoms with Crippen molar-refractivity contribution in [1.82, 2.24) is 0 Å². The van der Waals surface area contributed by atoms with Crippen LogP contribution < -0.4 is 4.31 Å². The van der Waals surface area contributed by atoms with Gasteiger partial charge in [0.05, 0.1) is 16.3 Å². The summed E-state index contributed by atoms with van der Waals surface area (Å²) in [7, 11) is -3.87. The Morgan fingerprint density at radius 1 is 1.10 bits per heavy atom. The fourth-order valence-corrected chi connectivity index (χ4v) is 4.06. The van der Waals surface area contributed by atoms with Gasteiger partial charge in [-0.25, -0.2) is 8.42 Å². The third-order valence-corrected chi connectivity index (χ3v) is 5.96. The highest BCUT2D eigenvalue weighted by Crippen LogP contribution is 2.36. The Balaban J connectivity index is 2.22. The maximum atomic E-state index is 12.4. The first-order valence-electron chi connectivity index (χ1n) is 5.56. The van der Waals surface area contributed by atoms with Crippen LogP contribution in [0.15, 0.2) is 51.8 Å². The van der Waals surface area contributed by atoms with Crippen LogP contribution >= 0.6 is 27.5 Å². The Kier molecular flexibility index (Phi) is 3.12. The Morgan fingerprint density at radius 2 is 1.80 bits per heavy atom. The molecule has 2 aromatic rings. The van der Waals surface area contributed by atoms with Crippen molar-refractivity contribution in [3.63, 3.8) is 0 Å². The zero-order valence-corrected chi connectivity index (χ0v) is 13.0. The maximum absolute atomic E-state index is 12.4. The minimum Gasteiger partial charge on any atom is -0.268 e. The fourth-order valence-electron chi connectivity index (χ4n) is 2.05. The van der Waals surface area contributed by atoms with E-state index in [2.05, 4.69) is 15.9 Å². The van der Waals surface area contributed by atoms with E-state index in [1.165, 1.54) is 24.3 Å². The lowest BCUT2D eigenvalue weighted by molar-refractivity contribution is 0.101. The number of sulfonamides is 1. The van der Waals surface area contributed by atoms with E-state index in [-0.39, 0.29) is 16.1 Å². The van der Waals surface area contributed by atoms with Crippen LogP contribution in [0.2, 0.25) is 5.02 Å². The van der Waals surface area contributed by atoms with Crippen molar-refractivity contribution in [3.8, 4) is 0 Å². The van der Waals surface area contributed by atoms with Gasteiger partial charge in [-0.1, -0.05) is 23.7 Å². The van der Waals surface area contributed by atoms with Crippen LogP contribution in [-0.4, -0.2) is 14.3 Å². The number of nitrogens with zero attached hydrogens (tertiary/aromatic N) is 1. The van der Waals surface area contributed by atoms with Gasteiger partial charge in [-0.3, -0.25) is 4.79 Å². The number of hydrogen-bond donors (Lipinski definition) is 0. The van der Waals surface area contributed by atoms with Gasteiger partial charge in [-0.15, -0.1) is 0 Å². The summed E-state index contributed by atoms with van der Waals surface area (Å²) < 4.78 is 26.3. The summed E-state index contributed by atoms with van der Waals surface area (Å²) in [5.41, 5.74) is 0.394. The van der Waals surface area contributed by atoms with Crippen LogP contribution in [0, 0.1) is 0 Å². The molecule has 102 valence electrons. The van der Waals surface area contributed by atoms with Gasteiger partial charge in [0.1, 0.15) is 4.90 Å². The van der Waals surface area contributed by atoms with E-state index >= 15 is 0 Å². The lowest BCUT2D eigenvalue weighted by atomic mass is 10.2. The van der Waals surface area contributed by atoms with E-state index in [1.54, 1.807) is 18.2 Å². The molecule has 0 spiro atoms. The molecule has 0 aliphatic carbocycles. The summed E-state index contributed by atoms with van der Waals surface area (Å²) in [4.78, 5) is 12.3. The third kappa shape index (κ3) is 1.87. The zero-order valence-electron chi connectivity index (χ0n) is 9.88. The molecule has 7 heteroatoms. The van der Waals surface area contributed by atoms with Crippen molar-refractivity contribution < 1.29 is 13.2 Å². The zero-order chi connectivity index (χ0) is 14.5. The molecule has 0 bridgehead atoms. The quantitative estimate of drug-likeness (QED) is 0.770. The minimum absolute atomic E-state index is 0.0176. The number of benzene rings is 2. The maximum Gasteiger partial charge on any atom is 0.273 e. The fraction of sp³-hybridized carbons (Fsp3) is 0. The van der Waals surface area contributed by atoms with Crippen LogP contribution in [0.1, 0.15) is 10.4 Å². The summed E-state index contributed by atoms with van der Waals surface area (Å²) in [5.74, 6) is -0.570.